The third-order valence-electron chi connectivity index (χ3n) is 5.73. The molecule has 0 fully saturated rings. The molecule has 1 heterocycles. The van der Waals surface area contributed by atoms with E-state index in [9.17, 15) is 9.59 Å². The summed E-state index contributed by atoms with van der Waals surface area (Å²) < 4.78 is 10.4. The fourth-order valence-corrected chi connectivity index (χ4v) is 4.71. The number of aromatic amines is 1. The first-order chi connectivity index (χ1) is 20.1. The molecule has 0 spiro atoms. The number of nitrogens with zero attached hydrogens (tertiary/aromatic N) is 1. The third-order valence-corrected chi connectivity index (χ3v) is 6.79. The van der Waals surface area contributed by atoms with Crippen molar-refractivity contribution in [1.29, 1.82) is 0 Å². The molecule has 11 heteroatoms. The van der Waals surface area contributed by atoms with Gasteiger partial charge in [-0.1, -0.05) is 29.8 Å². The molecular formula is C30H31N5O5S. The maximum Gasteiger partial charge on any atom is 0.319 e. The molecule has 0 aliphatic rings. The zero-order valence-corrected chi connectivity index (χ0v) is 23.3. The van der Waals surface area contributed by atoms with Crippen molar-refractivity contribution >= 4 is 40.3 Å². The Morgan fingerprint density at radius 1 is 0.976 bits per heavy atom. The number of ether oxygens (including phenoxy) is 2. The van der Waals surface area contributed by atoms with E-state index in [4.69, 9.17) is 14.6 Å². The zero-order chi connectivity index (χ0) is 28.9. The number of aromatic nitrogens is 2. The molecule has 10 nitrogen and oxygen atoms in total. The first-order valence-corrected chi connectivity index (χ1v) is 13.8. The van der Waals surface area contributed by atoms with Crippen molar-refractivity contribution in [3.05, 3.63) is 83.6 Å². The molecule has 41 heavy (non-hydrogen) atoms. The molecule has 0 saturated heterocycles. The van der Waals surface area contributed by atoms with Gasteiger partial charge in [0, 0.05) is 40.0 Å². The Bertz CT molecular complexity index is 1530. The first kappa shape index (κ1) is 29.6. The smallest absolute Gasteiger partial charge is 0.319 e. The van der Waals surface area contributed by atoms with Crippen LogP contribution in [0.2, 0.25) is 0 Å². The molecule has 0 aliphatic heterocycles. The number of urea groups is 1. The number of rotatable bonds is 12. The van der Waals surface area contributed by atoms with E-state index in [0.717, 1.165) is 26.3 Å². The number of benzene rings is 3. The summed E-state index contributed by atoms with van der Waals surface area (Å²) in [7, 11) is 1.62. The topological polar surface area (TPSA) is 138 Å². The molecule has 0 aliphatic carbocycles. The second kappa shape index (κ2) is 15.4. The monoisotopic (exact) mass is 573 g/mol. The lowest BCUT2D eigenvalue weighted by atomic mass is 10.2. The minimum atomic E-state index is -0.332. The Morgan fingerprint density at radius 2 is 1.76 bits per heavy atom. The molecule has 0 unspecified atom stereocenters. The SMILES string of the molecule is CNC(=O)c1ccccc1Sc1ccc2c(C#Cc3ccc(NC(=O)NCCOCCOCCO)cc3)n[nH]c2c1. The average molecular weight is 574 g/mol. The van der Waals surface area contributed by atoms with Crippen LogP contribution in [0.1, 0.15) is 21.6 Å². The number of aliphatic hydroxyl groups is 1. The second-order valence-corrected chi connectivity index (χ2v) is 9.73. The molecule has 212 valence electrons. The standard InChI is InChI=1S/C30H31N5O5S/c1-31-29(37)25-4-2-3-5-28(25)41-23-11-12-24-26(34-35-27(24)20-23)13-8-21-6-9-22(10-7-21)33-30(38)32-14-16-39-18-19-40-17-15-36/h2-7,9-12,20,36H,14-19H2,1H3,(H,31,37)(H,34,35)(H2,32,33,38). The fraction of sp³-hybridized carbons (Fsp3) is 0.233. The number of hydrogen-bond donors (Lipinski definition) is 5. The minimum Gasteiger partial charge on any atom is -0.394 e. The predicted octanol–water partition coefficient (Wildman–Crippen LogP) is 3.62. The summed E-state index contributed by atoms with van der Waals surface area (Å²) >= 11 is 1.51. The van der Waals surface area contributed by atoms with E-state index in [1.54, 1.807) is 25.2 Å². The fourth-order valence-electron chi connectivity index (χ4n) is 3.73. The highest BCUT2D eigenvalue weighted by molar-refractivity contribution is 7.99. The number of amides is 3. The van der Waals surface area contributed by atoms with Gasteiger partial charge < -0.3 is 30.5 Å². The van der Waals surface area contributed by atoms with Crippen LogP contribution in [-0.2, 0) is 9.47 Å². The van der Waals surface area contributed by atoms with Crippen LogP contribution in [0.15, 0.2) is 76.5 Å². The summed E-state index contributed by atoms with van der Waals surface area (Å²) in [5.41, 5.74) is 3.52. The van der Waals surface area contributed by atoms with Gasteiger partial charge in [0.2, 0.25) is 0 Å². The number of carbonyl (C=O) groups excluding carboxylic acids is 2. The van der Waals surface area contributed by atoms with Gasteiger partial charge in [-0.25, -0.2) is 4.79 Å². The van der Waals surface area contributed by atoms with Crippen LogP contribution < -0.4 is 16.0 Å². The zero-order valence-electron chi connectivity index (χ0n) is 22.5. The number of H-pyrrole nitrogens is 1. The molecule has 0 radical (unpaired) electrons. The summed E-state index contributed by atoms with van der Waals surface area (Å²) in [4.78, 5) is 26.1. The number of anilines is 1. The van der Waals surface area contributed by atoms with Crippen LogP contribution in [0, 0.1) is 11.8 Å². The van der Waals surface area contributed by atoms with Crippen molar-refractivity contribution in [2.24, 2.45) is 0 Å². The maximum absolute atomic E-state index is 12.2. The highest BCUT2D eigenvalue weighted by atomic mass is 32.2. The van der Waals surface area contributed by atoms with E-state index in [1.165, 1.54) is 11.8 Å². The van der Waals surface area contributed by atoms with Gasteiger partial charge in [-0.05, 0) is 60.5 Å². The van der Waals surface area contributed by atoms with Gasteiger partial charge >= 0.3 is 6.03 Å². The molecule has 5 N–H and O–H groups in total. The number of aliphatic hydroxyl groups excluding tert-OH is 1. The van der Waals surface area contributed by atoms with Crippen LogP contribution >= 0.6 is 11.8 Å². The van der Waals surface area contributed by atoms with Crippen LogP contribution in [0.4, 0.5) is 10.5 Å². The predicted molar refractivity (Wildman–Crippen MR) is 158 cm³/mol. The second-order valence-electron chi connectivity index (χ2n) is 8.61. The molecule has 4 rings (SSSR count). The molecule has 0 atom stereocenters. The highest BCUT2D eigenvalue weighted by Crippen LogP contribution is 2.32. The van der Waals surface area contributed by atoms with Crippen LogP contribution in [0.5, 0.6) is 0 Å². The van der Waals surface area contributed by atoms with Crippen molar-refractivity contribution in [3.8, 4) is 11.8 Å². The summed E-state index contributed by atoms with van der Waals surface area (Å²) in [6.45, 7) is 1.78. The lowest BCUT2D eigenvalue weighted by Gasteiger charge is -2.08. The maximum atomic E-state index is 12.2. The Kier molecular flexibility index (Phi) is 11.2. The van der Waals surface area contributed by atoms with E-state index in [2.05, 4.69) is 38.0 Å². The van der Waals surface area contributed by atoms with Crippen LogP contribution in [0.3, 0.4) is 0 Å². The number of carbonyl (C=O) groups is 2. The number of hydrogen-bond acceptors (Lipinski definition) is 7. The summed E-state index contributed by atoms with van der Waals surface area (Å²) in [5.74, 6) is 6.10. The van der Waals surface area contributed by atoms with Crippen molar-refractivity contribution in [2.45, 2.75) is 9.79 Å². The average Bonchev–Trinajstić information content (AvgIpc) is 3.40. The molecule has 4 aromatic rings. The van der Waals surface area contributed by atoms with Crippen molar-refractivity contribution in [2.75, 3.05) is 51.9 Å². The largest absolute Gasteiger partial charge is 0.394 e. The van der Waals surface area contributed by atoms with Crippen molar-refractivity contribution in [1.82, 2.24) is 20.8 Å². The molecule has 0 saturated carbocycles. The molecule has 3 amide bonds. The van der Waals surface area contributed by atoms with E-state index in [1.807, 2.05) is 48.5 Å². The van der Waals surface area contributed by atoms with Crippen LogP contribution in [-0.4, -0.2) is 73.9 Å². The van der Waals surface area contributed by atoms with Gasteiger partial charge in [-0.2, -0.15) is 5.10 Å². The van der Waals surface area contributed by atoms with E-state index in [0.29, 0.717) is 43.3 Å². The Morgan fingerprint density at radius 3 is 2.54 bits per heavy atom. The Hall–Kier alpha value is -4.34. The third kappa shape index (κ3) is 8.83. The highest BCUT2D eigenvalue weighted by Gasteiger charge is 2.12. The Labute approximate surface area is 242 Å². The van der Waals surface area contributed by atoms with Gasteiger partial charge in [0.05, 0.1) is 44.1 Å². The quantitative estimate of drug-likeness (QED) is 0.129. The molecule has 0 bridgehead atoms. The lowest BCUT2D eigenvalue weighted by Crippen LogP contribution is -2.31. The normalized spacial score (nSPS) is 10.6. The van der Waals surface area contributed by atoms with Gasteiger partial charge in [-0.3, -0.25) is 9.89 Å². The molecule has 1 aromatic heterocycles. The van der Waals surface area contributed by atoms with E-state index in [-0.39, 0.29) is 25.2 Å². The van der Waals surface area contributed by atoms with E-state index < -0.39 is 0 Å². The molecule has 3 aromatic carbocycles. The number of fused-ring (bicyclic) bond motifs is 1. The van der Waals surface area contributed by atoms with Gasteiger partial charge in [0.15, 0.2) is 0 Å². The van der Waals surface area contributed by atoms with E-state index >= 15 is 0 Å². The molecular weight excluding hydrogens is 542 g/mol. The first-order valence-electron chi connectivity index (χ1n) is 13.0. The summed E-state index contributed by atoms with van der Waals surface area (Å²) in [6.07, 6.45) is 0. The van der Waals surface area contributed by atoms with Crippen molar-refractivity contribution < 1.29 is 24.2 Å². The minimum absolute atomic E-state index is 0.0167. The van der Waals surface area contributed by atoms with Crippen LogP contribution in [0.25, 0.3) is 10.9 Å². The van der Waals surface area contributed by atoms with Gasteiger partial charge in [0.1, 0.15) is 5.69 Å². The Balaban J connectivity index is 1.30. The van der Waals surface area contributed by atoms with Crippen molar-refractivity contribution in [3.63, 3.8) is 0 Å². The number of nitrogens with one attached hydrogen (secondary N) is 4. The summed E-state index contributed by atoms with van der Waals surface area (Å²) in [6, 6.07) is 20.3. The lowest BCUT2D eigenvalue weighted by molar-refractivity contribution is 0.0345. The van der Waals surface area contributed by atoms with Gasteiger partial charge in [0.25, 0.3) is 5.91 Å². The van der Waals surface area contributed by atoms with Gasteiger partial charge in [-0.15, -0.1) is 0 Å². The summed E-state index contributed by atoms with van der Waals surface area (Å²) in [5, 5.41) is 25.1.